The first-order chi connectivity index (χ1) is 12.7. The molecular weight excluding hydrogens is 338 g/mol. The fraction of sp³-hybridized carbons (Fsp3) is 0.444. The SMILES string of the molecule is C=N/C=C\C(=N/Cc1cnc2cnc(C(F)F)cn12)N1CCCCCC1. The Hall–Kier alpha value is -2.64. The molecule has 0 radical (unpaired) electrons. The first-order valence-electron chi connectivity index (χ1n) is 8.71. The largest absolute Gasteiger partial charge is 0.357 e. The number of alkyl halides is 2. The molecule has 0 saturated carbocycles. The summed E-state index contributed by atoms with van der Waals surface area (Å²) < 4.78 is 27.4. The molecule has 3 heterocycles. The van der Waals surface area contributed by atoms with Crippen LogP contribution in [-0.4, -0.2) is 44.9 Å². The Kier molecular flexibility index (Phi) is 6.04. The molecule has 138 valence electrons. The average Bonchev–Trinajstić information content (AvgIpc) is 2.86. The Bertz CT molecular complexity index is 803. The Morgan fingerprint density at radius 2 is 1.96 bits per heavy atom. The van der Waals surface area contributed by atoms with Crippen molar-refractivity contribution in [1.29, 1.82) is 0 Å². The van der Waals surface area contributed by atoms with Gasteiger partial charge in [0.25, 0.3) is 6.43 Å². The summed E-state index contributed by atoms with van der Waals surface area (Å²) in [7, 11) is 0. The van der Waals surface area contributed by atoms with Gasteiger partial charge in [0, 0.05) is 25.5 Å². The lowest BCUT2D eigenvalue weighted by Gasteiger charge is -2.22. The van der Waals surface area contributed by atoms with Crippen molar-refractivity contribution in [2.24, 2.45) is 9.98 Å². The van der Waals surface area contributed by atoms with Crippen LogP contribution in [0.3, 0.4) is 0 Å². The highest BCUT2D eigenvalue weighted by molar-refractivity contribution is 5.93. The fourth-order valence-electron chi connectivity index (χ4n) is 3.02. The van der Waals surface area contributed by atoms with E-state index in [4.69, 9.17) is 4.99 Å². The van der Waals surface area contributed by atoms with Crippen LogP contribution in [-0.2, 0) is 6.54 Å². The van der Waals surface area contributed by atoms with Crippen LogP contribution < -0.4 is 0 Å². The Balaban J connectivity index is 1.86. The van der Waals surface area contributed by atoms with E-state index in [2.05, 4.69) is 26.6 Å². The molecule has 1 aliphatic rings. The predicted octanol–water partition coefficient (Wildman–Crippen LogP) is 3.66. The second-order valence-corrected chi connectivity index (χ2v) is 6.16. The zero-order chi connectivity index (χ0) is 18.4. The maximum Gasteiger partial charge on any atom is 0.281 e. The van der Waals surface area contributed by atoms with Crippen molar-refractivity contribution in [2.45, 2.75) is 38.7 Å². The Morgan fingerprint density at radius 3 is 2.65 bits per heavy atom. The number of halogens is 2. The molecule has 8 heteroatoms. The zero-order valence-corrected chi connectivity index (χ0v) is 14.6. The molecule has 0 N–H and O–H groups in total. The molecule has 0 aromatic carbocycles. The van der Waals surface area contributed by atoms with Crippen LogP contribution in [0.2, 0.25) is 0 Å². The number of imidazole rings is 1. The lowest BCUT2D eigenvalue weighted by atomic mass is 10.2. The first-order valence-corrected chi connectivity index (χ1v) is 8.71. The first kappa shape index (κ1) is 18.2. The molecule has 2 aromatic rings. The predicted molar refractivity (Wildman–Crippen MR) is 97.8 cm³/mol. The van der Waals surface area contributed by atoms with Gasteiger partial charge < -0.3 is 4.90 Å². The normalized spacial score (nSPS) is 16.6. The molecule has 1 saturated heterocycles. The summed E-state index contributed by atoms with van der Waals surface area (Å²) in [5, 5.41) is 0. The van der Waals surface area contributed by atoms with Crippen molar-refractivity contribution >= 4 is 18.2 Å². The second-order valence-electron chi connectivity index (χ2n) is 6.16. The number of likely N-dealkylation sites (tertiary alicyclic amines) is 1. The van der Waals surface area contributed by atoms with Gasteiger partial charge in [0.05, 0.1) is 24.6 Å². The maximum atomic E-state index is 12.9. The molecule has 3 rings (SSSR count). The van der Waals surface area contributed by atoms with Gasteiger partial charge in [-0.05, 0) is 25.6 Å². The van der Waals surface area contributed by atoms with Crippen molar-refractivity contribution < 1.29 is 8.78 Å². The molecule has 2 aromatic heterocycles. The number of rotatable bonds is 5. The van der Waals surface area contributed by atoms with E-state index in [1.165, 1.54) is 25.2 Å². The zero-order valence-electron chi connectivity index (χ0n) is 14.6. The summed E-state index contributed by atoms with van der Waals surface area (Å²) in [5.74, 6) is 0.831. The van der Waals surface area contributed by atoms with E-state index in [0.717, 1.165) is 37.5 Å². The van der Waals surface area contributed by atoms with Gasteiger partial charge in [-0.1, -0.05) is 12.8 Å². The van der Waals surface area contributed by atoms with Crippen molar-refractivity contribution in [3.05, 3.63) is 42.3 Å². The van der Waals surface area contributed by atoms with Crippen molar-refractivity contribution in [3.63, 3.8) is 0 Å². The monoisotopic (exact) mass is 360 g/mol. The minimum absolute atomic E-state index is 0.274. The van der Waals surface area contributed by atoms with Crippen LogP contribution in [0.4, 0.5) is 8.78 Å². The molecule has 26 heavy (non-hydrogen) atoms. The quantitative estimate of drug-likeness (QED) is 0.604. The number of aliphatic imine (C=N–C) groups is 2. The minimum atomic E-state index is -2.62. The summed E-state index contributed by atoms with van der Waals surface area (Å²) in [6.45, 7) is 5.71. The number of aromatic nitrogens is 3. The number of fused-ring (bicyclic) bond motifs is 1. The third-order valence-electron chi connectivity index (χ3n) is 4.38. The minimum Gasteiger partial charge on any atom is -0.357 e. The van der Waals surface area contributed by atoms with Crippen molar-refractivity contribution in [2.75, 3.05) is 13.1 Å². The van der Waals surface area contributed by atoms with Crippen LogP contribution in [0, 0.1) is 0 Å². The molecule has 1 fully saturated rings. The van der Waals surface area contributed by atoms with E-state index in [0.29, 0.717) is 12.2 Å². The van der Waals surface area contributed by atoms with Crippen LogP contribution in [0.15, 0.2) is 40.9 Å². The van der Waals surface area contributed by atoms with Gasteiger partial charge in [-0.25, -0.2) is 18.7 Å². The van der Waals surface area contributed by atoms with Gasteiger partial charge in [0.1, 0.15) is 11.5 Å². The smallest absolute Gasteiger partial charge is 0.281 e. The summed E-state index contributed by atoms with van der Waals surface area (Å²) in [6.07, 6.45) is 9.88. The molecule has 0 amide bonds. The van der Waals surface area contributed by atoms with Gasteiger partial charge in [0.2, 0.25) is 0 Å². The molecule has 0 spiro atoms. The summed E-state index contributed by atoms with van der Waals surface area (Å²) >= 11 is 0. The van der Waals surface area contributed by atoms with E-state index < -0.39 is 6.43 Å². The van der Waals surface area contributed by atoms with E-state index in [-0.39, 0.29) is 5.69 Å². The van der Waals surface area contributed by atoms with Crippen molar-refractivity contribution in [1.82, 2.24) is 19.3 Å². The Morgan fingerprint density at radius 1 is 1.19 bits per heavy atom. The standard InChI is InChI=1S/C18H22F2N6/c1-21-7-6-16(25-8-4-2-3-5-9-25)23-10-14-11-24-17-12-22-15(18(19)20)13-26(14)17/h6-7,11-13,18H,1-5,8-10H2/b7-6-,23-16+. The van der Waals surface area contributed by atoms with Gasteiger partial charge in [0.15, 0.2) is 5.65 Å². The third-order valence-corrected chi connectivity index (χ3v) is 4.38. The van der Waals surface area contributed by atoms with Crippen molar-refractivity contribution in [3.8, 4) is 0 Å². The van der Waals surface area contributed by atoms with E-state index in [9.17, 15) is 8.78 Å². The number of hydrogen-bond donors (Lipinski definition) is 0. The molecule has 1 aliphatic heterocycles. The average molecular weight is 360 g/mol. The Labute approximate surface area is 151 Å². The maximum absolute atomic E-state index is 12.9. The van der Waals surface area contributed by atoms with Crippen LogP contribution >= 0.6 is 0 Å². The molecule has 0 bridgehead atoms. The van der Waals surface area contributed by atoms with Crippen LogP contribution in [0.1, 0.15) is 43.5 Å². The van der Waals surface area contributed by atoms with E-state index >= 15 is 0 Å². The second kappa shape index (κ2) is 8.64. The summed E-state index contributed by atoms with van der Waals surface area (Å²) in [6, 6.07) is 0. The number of hydrogen-bond acceptors (Lipinski definition) is 4. The lowest BCUT2D eigenvalue weighted by molar-refractivity contribution is 0.145. The molecule has 0 atom stereocenters. The topological polar surface area (TPSA) is 58.1 Å². The third kappa shape index (κ3) is 4.30. The highest BCUT2D eigenvalue weighted by Gasteiger charge is 2.14. The molecular formula is C18H22F2N6. The van der Waals surface area contributed by atoms with Gasteiger partial charge in [-0.2, -0.15) is 0 Å². The van der Waals surface area contributed by atoms with Gasteiger partial charge >= 0.3 is 0 Å². The fourth-order valence-corrected chi connectivity index (χ4v) is 3.02. The van der Waals surface area contributed by atoms with Crippen LogP contribution in [0.25, 0.3) is 5.65 Å². The number of nitrogens with zero attached hydrogens (tertiary/aromatic N) is 6. The van der Waals surface area contributed by atoms with Gasteiger partial charge in [-0.3, -0.25) is 14.4 Å². The summed E-state index contributed by atoms with van der Waals surface area (Å²) in [5.41, 5.74) is 0.986. The highest BCUT2D eigenvalue weighted by atomic mass is 19.3. The molecule has 6 nitrogen and oxygen atoms in total. The lowest BCUT2D eigenvalue weighted by Crippen LogP contribution is -2.30. The van der Waals surface area contributed by atoms with E-state index in [1.807, 2.05) is 6.08 Å². The molecule has 0 unspecified atom stereocenters. The van der Waals surface area contributed by atoms with Crippen LogP contribution in [0.5, 0.6) is 0 Å². The highest BCUT2D eigenvalue weighted by Crippen LogP contribution is 2.18. The molecule has 0 aliphatic carbocycles. The summed E-state index contributed by atoms with van der Waals surface area (Å²) in [4.78, 5) is 18.6. The van der Waals surface area contributed by atoms with E-state index in [1.54, 1.807) is 16.8 Å². The number of amidine groups is 1. The van der Waals surface area contributed by atoms with Gasteiger partial charge in [-0.15, -0.1) is 0 Å².